The van der Waals surface area contributed by atoms with Crippen molar-refractivity contribution in [2.45, 2.75) is 36.5 Å². The first kappa shape index (κ1) is 18.9. The Kier molecular flexibility index (Phi) is 6.28. The van der Waals surface area contributed by atoms with E-state index in [2.05, 4.69) is 0 Å². The third-order valence-electron chi connectivity index (χ3n) is 3.83. The smallest absolute Gasteiger partial charge is 0.236 e. The van der Waals surface area contributed by atoms with Gasteiger partial charge in [0.15, 0.2) is 9.84 Å². The predicted molar refractivity (Wildman–Crippen MR) is 96.2 cm³/mol. The molecule has 0 bridgehead atoms. The van der Waals surface area contributed by atoms with Crippen molar-refractivity contribution >= 4 is 50.7 Å². The molecule has 0 aromatic heterocycles. The van der Waals surface area contributed by atoms with Crippen LogP contribution in [-0.4, -0.2) is 48.6 Å². The molecule has 1 aromatic carbocycles. The van der Waals surface area contributed by atoms with Gasteiger partial charge < -0.3 is 4.90 Å². The van der Waals surface area contributed by atoms with Gasteiger partial charge in [-0.05, 0) is 32.4 Å². The monoisotopic (exact) mass is 395 g/mol. The van der Waals surface area contributed by atoms with Gasteiger partial charge in [0.05, 0.1) is 26.8 Å². The molecule has 1 fully saturated rings. The van der Waals surface area contributed by atoms with Crippen LogP contribution in [0.15, 0.2) is 23.1 Å². The summed E-state index contributed by atoms with van der Waals surface area (Å²) in [5.74, 6) is 0.117. The van der Waals surface area contributed by atoms with Gasteiger partial charge in [-0.15, -0.1) is 11.8 Å². The van der Waals surface area contributed by atoms with Gasteiger partial charge in [0.1, 0.15) is 0 Å². The van der Waals surface area contributed by atoms with Crippen LogP contribution in [0.4, 0.5) is 0 Å². The van der Waals surface area contributed by atoms with Gasteiger partial charge in [-0.2, -0.15) is 0 Å². The third kappa shape index (κ3) is 4.56. The van der Waals surface area contributed by atoms with E-state index in [9.17, 15) is 13.2 Å². The van der Waals surface area contributed by atoms with E-state index in [1.165, 1.54) is 11.8 Å². The number of sulfone groups is 1. The summed E-state index contributed by atoms with van der Waals surface area (Å²) in [5, 5.41) is 0.623. The highest BCUT2D eigenvalue weighted by molar-refractivity contribution is 8.00. The fourth-order valence-electron chi connectivity index (χ4n) is 2.67. The van der Waals surface area contributed by atoms with Crippen LogP contribution in [0.25, 0.3) is 0 Å². The minimum atomic E-state index is -3.03. The number of carbonyl (C=O) groups is 1. The van der Waals surface area contributed by atoms with Crippen molar-refractivity contribution < 1.29 is 13.2 Å². The molecule has 1 aliphatic rings. The molecule has 8 heteroatoms. The van der Waals surface area contributed by atoms with Crippen molar-refractivity contribution in [1.29, 1.82) is 0 Å². The van der Waals surface area contributed by atoms with Gasteiger partial charge in [-0.3, -0.25) is 4.79 Å². The number of nitrogens with zero attached hydrogens (tertiary/aromatic N) is 1. The molecule has 0 N–H and O–H groups in total. The van der Waals surface area contributed by atoms with Crippen LogP contribution in [0.3, 0.4) is 0 Å². The second kappa shape index (κ2) is 7.64. The lowest BCUT2D eigenvalue weighted by Gasteiger charge is -2.29. The Bertz CT molecular complexity index is 674. The van der Waals surface area contributed by atoms with E-state index < -0.39 is 15.1 Å². The SMILES string of the molecule is CCN(C(=O)[C@H](C)Sc1c(Cl)cccc1Cl)[C@@H]1CCS(=O)(=O)C1. The molecule has 1 heterocycles. The number of hydrogen-bond acceptors (Lipinski definition) is 4. The molecule has 1 aliphatic heterocycles. The molecule has 2 rings (SSSR count). The molecule has 0 unspecified atom stereocenters. The molecule has 0 spiro atoms. The summed E-state index contributed by atoms with van der Waals surface area (Å²) in [7, 11) is -3.03. The van der Waals surface area contributed by atoms with Crippen molar-refractivity contribution in [2.24, 2.45) is 0 Å². The largest absolute Gasteiger partial charge is 0.338 e. The lowest BCUT2D eigenvalue weighted by Crippen LogP contribution is -2.44. The summed E-state index contributed by atoms with van der Waals surface area (Å²) >= 11 is 13.6. The van der Waals surface area contributed by atoms with Crippen LogP contribution in [0.1, 0.15) is 20.3 Å². The Morgan fingerprint density at radius 1 is 1.39 bits per heavy atom. The Morgan fingerprint density at radius 3 is 2.48 bits per heavy atom. The average molecular weight is 396 g/mol. The molecule has 23 heavy (non-hydrogen) atoms. The van der Waals surface area contributed by atoms with E-state index in [-0.39, 0.29) is 23.5 Å². The maximum absolute atomic E-state index is 12.7. The number of thioether (sulfide) groups is 1. The zero-order valence-electron chi connectivity index (χ0n) is 13.0. The molecule has 4 nitrogen and oxygen atoms in total. The summed E-state index contributed by atoms with van der Waals surface area (Å²) in [6.45, 7) is 4.14. The molecule has 1 saturated heterocycles. The molecule has 0 saturated carbocycles. The number of hydrogen-bond donors (Lipinski definition) is 0. The summed E-state index contributed by atoms with van der Waals surface area (Å²) in [6, 6.07) is 4.98. The number of carbonyl (C=O) groups excluding carboxylic acids is 1. The standard InChI is InChI=1S/C15H19Cl2NO3S2/c1-3-18(11-7-8-23(20,21)9-11)15(19)10(2)22-14-12(16)5-4-6-13(14)17/h4-6,10-11H,3,7-9H2,1-2H3/t10-,11+/m0/s1. The second-order valence-corrected chi connectivity index (χ2v) is 9.89. The van der Waals surface area contributed by atoms with Gasteiger partial charge in [0, 0.05) is 17.5 Å². The minimum Gasteiger partial charge on any atom is -0.338 e. The van der Waals surface area contributed by atoms with Crippen molar-refractivity contribution in [3.8, 4) is 0 Å². The Balaban J connectivity index is 2.12. The number of benzene rings is 1. The van der Waals surface area contributed by atoms with E-state index in [1.54, 1.807) is 30.0 Å². The summed E-state index contributed by atoms with van der Waals surface area (Å²) < 4.78 is 23.3. The lowest BCUT2D eigenvalue weighted by atomic mass is 10.2. The van der Waals surface area contributed by atoms with E-state index >= 15 is 0 Å². The van der Waals surface area contributed by atoms with Crippen molar-refractivity contribution in [3.63, 3.8) is 0 Å². The van der Waals surface area contributed by atoms with Crippen LogP contribution < -0.4 is 0 Å². The molecule has 0 aliphatic carbocycles. The highest BCUT2D eigenvalue weighted by Crippen LogP contribution is 2.37. The van der Waals surface area contributed by atoms with Crippen molar-refractivity contribution in [3.05, 3.63) is 28.2 Å². The van der Waals surface area contributed by atoms with Crippen molar-refractivity contribution in [1.82, 2.24) is 4.90 Å². The first-order valence-corrected chi connectivity index (χ1v) is 10.8. The van der Waals surface area contributed by atoms with Gasteiger partial charge in [0.25, 0.3) is 0 Å². The highest BCUT2D eigenvalue weighted by Gasteiger charge is 2.35. The summed E-state index contributed by atoms with van der Waals surface area (Å²) in [6.07, 6.45) is 0.506. The number of amides is 1. The quantitative estimate of drug-likeness (QED) is 0.715. The summed E-state index contributed by atoms with van der Waals surface area (Å²) in [4.78, 5) is 15.1. The lowest BCUT2D eigenvalue weighted by molar-refractivity contribution is -0.131. The van der Waals surface area contributed by atoms with Gasteiger partial charge in [-0.1, -0.05) is 29.3 Å². The van der Waals surface area contributed by atoms with Crippen LogP contribution in [0, 0.1) is 0 Å². The maximum atomic E-state index is 12.7. The van der Waals surface area contributed by atoms with Crippen LogP contribution in [-0.2, 0) is 14.6 Å². The average Bonchev–Trinajstić information content (AvgIpc) is 2.83. The van der Waals surface area contributed by atoms with Gasteiger partial charge in [0.2, 0.25) is 5.91 Å². The van der Waals surface area contributed by atoms with Gasteiger partial charge >= 0.3 is 0 Å². The van der Waals surface area contributed by atoms with Crippen LogP contribution in [0.2, 0.25) is 10.0 Å². The topological polar surface area (TPSA) is 54.5 Å². The first-order valence-electron chi connectivity index (χ1n) is 7.36. The van der Waals surface area contributed by atoms with E-state index in [0.717, 1.165) is 0 Å². The third-order valence-corrected chi connectivity index (χ3v) is 7.67. The number of rotatable bonds is 5. The zero-order valence-corrected chi connectivity index (χ0v) is 16.1. The van der Waals surface area contributed by atoms with Crippen molar-refractivity contribution in [2.75, 3.05) is 18.1 Å². The molecule has 1 amide bonds. The Labute approximate surface area is 151 Å². The minimum absolute atomic E-state index is 0.0524. The fraction of sp³-hybridized carbons (Fsp3) is 0.533. The van der Waals surface area contributed by atoms with E-state index in [1.807, 2.05) is 6.92 Å². The molecular weight excluding hydrogens is 377 g/mol. The Morgan fingerprint density at radius 2 is 2.00 bits per heavy atom. The zero-order chi connectivity index (χ0) is 17.2. The maximum Gasteiger partial charge on any atom is 0.236 e. The normalized spacial score (nSPS) is 21.1. The Hall–Kier alpha value is -0.430. The molecule has 128 valence electrons. The molecule has 1 aromatic rings. The second-order valence-electron chi connectivity index (χ2n) is 5.49. The van der Waals surface area contributed by atoms with E-state index in [0.29, 0.717) is 27.9 Å². The summed E-state index contributed by atoms with van der Waals surface area (Å²) in [5.41, 5.74) is 0. The van der Waals surface area contributed by atoms with Crippen LogP contribution >= 0.6 is 35.0 Å². The predicted octanol–water partition coefficient (Wildman–Crippen LogP) is 3.51. The first-order chi connectivity index (χ1) is 10.7. The fourth-order valence-corrected chi connectivity index (χ4v) is 6.02. The van der Waals surface area contributed by atoms with Gasteiger partial charge in [-0.25, -0.2) is 8.42 Å². The molecular formula is C15H19Cl2NO3S2. The number of halogens is 2. The van der Waals surface area contributed by atoms with E-state index in [4.69, 9.17) is 23.2 Å². The molecule has 0 radical (unpaired) electrons. The van der Waals surface area contributed by atoms with Crippen LogP contribution in [0.5, 0.6) is 0 Å². The highest BCUT2D eigenvalue weighted by atomic mass is 35.5. The molecule has 2 atom stereocenters.